The Labute approximate surface area is 130 Å². The van der Waals surface area contributed by atoms with Crippen LogP contribution in [0.3, 0.4) is 0 Å². The molecule has 3 rings (SSSR count). The van der Waals surface area contributed by atoms with Gasteiger partial charge in [0.05, 0.1) is 5.39 Å². The molecule has 0 unspecified atom stereocenters. The van der Waals surface area contributed by atoms with Crippen molar-refractivity contribution in [1.29, 1.82) is 0 Å². The molecule has 1 aliphatic carbocycles. The summed E-state index contributed by atoms with van der Waals surface area (Å²) in [4.78, 5) is 10.3. The Bertz CT molecular complexity index is 575. The first-order chi connectivity index (χ1) is 10.4. The van der Waals surface area contributed by atoms with Crippen molar-refractivity contribution in [3.05, 3.63) is 11.4 Å². The summed E-state index contributed by atoms with van der Waals surface area (Å²) in [6.07, 6.45) is 7.98. The molecule has 114 valence electrons. The van der Waals surface area contributed by atoms with E-state index < -0.39 is 0 Å². The molecule has 2 heterocycles. The minimum Gasteiger partial charge on any atom is -0.369 e. The second-order valence-electron chi connectivity index (χ2n) is 5.83. The van der Waals surface area contributed by atoms with Crippen LogP contribution in [0.2, 0.25) is 0 Å². The maximum Gasteiger partial charge on any atom is 0.226 e. The third kappa shape index (κ3) is 3.64. The Balaban J connectivity index is 1.68. The largest absolute Gasteiger partial charge is 0.369 e. The van der Waals surface area contributed by atoms with E-state index in [2.05, 4.69) is 39.0 Å². The maximum atomic E-state index is 4.65. The van der Waals surface area contributed by atoms with Crippen molar-refractivity contribution < 1.29 is 0 Å². The molecule has 0 atom stereocenters. The molecule has 1 aliphatic rings. The summed E-state index contributed by atoms with van der Waals surface area (Å²) in [5.41, 5.74) is 0. The fourth-order valence-corrected chi connectivity index (χ4v) is 3.76. The molecule has 0 bridgehead atoms. The average Bonchev–Trinajstić information content (AvgIpc) is 3.15. The van der Waals surface area contributed by atoms with Gasteiger partial charge in [-0.2, -0.15) is 4.98 Å². The van der Waals surface area contributed by atoms with Crippen molar-refractivity contribution in [2.75, 3.05) is 23.7 Å². The van der Waals surface area contributed by atoms with Gasteiger partial charge in [-0.15, -0.1) is 11.3 Å². The fourth-order valence-electron chi connectivity index (χ4n) is 3.00. The van der Waals surface area contributed by atoms with Crippen LogP contribution in [0.4, 0.5) is 11.8 Å². The number of hydrogen-bond acceptors (Lipinski definition) is 5. The van der Waals surface area contributed by atoms with Crippen molar-refractivity contribution in [2.45, 2.75) is 45.4 Å². The number of anilines is 2. The van der Waals surface area contributed by atoms with E-state index in [0.29, 0.717) is 0 Å². The van der Waals surface area contributed by atoms with Gasteiger partial charge in [-0.25, -0.2) is 4.98 Å². The Morgan fingerprint density at radius 2 is 2.05 bits per heavy atom. The number of nitrogens with one attached hydrogen (secondary N) is 2. The number of aromatic nitrogens is 2. The van der Waals surface area contributed by atoms with Crippen LogP contribution in [0.1, 0.15) is 45.4 Å². The lowest BCUT2D eigenvalue weighted by molar-refractivity contribution is 0.518. The van der Waals surface area contributed by atoms with Crippen LogP contribution in [0.5, 0.6) is 0 Å². The van der Waals surface area contributed by atoms with Crippen molar-refractivity contribution in [3.8, 4) is 0 Å². The van der Waals surface area contributed by atoms with Crippen LogP contribution in [0, 0.1) is 5.92 Å². The molecule has 1 saturated carbocycles. The highest BCUT2D eigenvalue weighted by Crippen LogP contribution is 2.29. The van der Waals surface area contributed by atoms with E-state index in [4.69, 9.17) is 0 Å². The zero-order chi connectivity index (χ0) is 14.5. The molecule has 4 nitrogen and oxygen atoms in total. The average molecular weight is 304 g/mol. The molecule has 0 amide bonds. The Morgan fingerprint density at radius 3 is 2.86 bits per heavy atom. The SMILES string of the molecule is CCCNc1nc(NCCC2CCCC2)c2ccsc2n1. The third-order valence-electron chi connectivity index (χ3n) is 4.18. The Morgan fingerprint density at radius 1 is 1.19 bits per heavy atom. The molecular formula is C16H24N4S. The molecule has 2 aromatic rings. The summed E-state index contributed by atoms with van der Waals surface area (Å²) >= 11 is 1.68. The first-order valence-electron chi connectivity index (χ1n) is 8.10. The zero-order valence-electron chi connectivity index (χ0n) is 12.7. The van der Waals surface area contributed by atoms with E-state index in [1.165, 1.54) is 32.1 Å². The molecule has 0 spiro atoms. The first-order valence-corrected chi connectivity index (χ1v) is 8.97. The lowest BCUT2D eigenvalue weighted by Gasteiger charge is -2.12. The standard InChI is InChI=1S/C16H24N4S/c1-2-9-18-16-19-14(13-8-11-21-15(13)20-16)17-10-7-12-5-3-4-6-12/h8,11-12H,2-7,9-10H2,1H3,(H2,17,18,19,20). The first kappa shape index (κ1) is 14.6. The lowest BCUT2D eigenvalue weighted by Crippen LogP contribution is -2.10. The monoisotopic (exact) mass is 304 g/mol. The molecular weight excluding hydrogens is 280 g/mol. The van der Waals surface area contributed by atoms with Crippen molar-refractivity contribution in [2.24, 2.45) is 5.92 Å². The van der Waals surface area contributed by atoms with Crippen LogP contribution in [-0.4, -0.2) is 23.1 Å². The van der Waals surface area contributed by atoms with Gasteiger partial charge >= 0.3 is 0 Å². The number of hydrogen-bond donors (Lipinski definition) is 2. The normalized spacial score (nSPS) is 15.7. The van der Waals surface area contributed by atoms with E-state index in [-0.39, 0.29) is 0 Å². The molecule has 0 radical (unpaired) electrons. The summed E-state index contributed by atoms with van der Waals surface area (Å²) in [7, 11) is 0. The van der Waals surface area contributed by atoms with Crippen LogP contribution >= 0.6 is 11.3 Å². The zero-order valence-corrected chi connectivity index (χ0v) is 13.5. The highest BCUT2D eigenvalue weighted by atomic mass is 32.1. The molecule has 0 aliphatic heterocycles. The van der Waals surface area contributed by atoms with E-state index in [1.807, 2.05) is 0 Å². The van der Waals surface area contributed by atoms with Crippen LogP contribution in [0.15, 0.2) is 11.4 Å². The summed E-state index contributed by atoms with van der Waals surface area (Å²) < 4.78 is 0. The Hall–Kier alpha value is -1.36. The van der Waals surface area contributed by atoms with Gasteiger partial charge in [-0.05, 0) is 30.2 Å². The van der Waals surface area contributed by atoms with Crippen molar-refractivity contribution >= 4 is 33.3 Å². The van der Waals surface area contributed by atoms with Gasteiger partial charge in [0, 0.05) is 13.1 Å². The molecule has 2 aromatic heterocycles. The van der Waals surface area contributed by atoms with E-state index in [1.54, 1.807) is 11.3 Å². The number of fused-ring (bicyclic) bond motifs is 1. The second kappa shape index (κ2) is 7.07. The van der Waals surface area contributed by atoms with E-state index >= 15 is 0 Å². The molecule has 5 heteroatoms. The summed E-state index contributed by atoms with van der Waals surface area (Å²) in [5.74, 6) is 2.64. The summed E-state index contributed by atoms with van der Waals surface area (Å²) in [6.45, 7) is 4.08. The Kier molecular flexibility index (Phi) is 4.91. The predicted molar refractivity (Wildman–Crippen MR) is 91.3 cm³/mol. The number of nitrogens with zero attached hydrogens (tertiary/aromatic N) is 2. The highest BCUT2D eigenvalue weighted by molar-refractivity contribution is 7.16. The topological polar surface area (TPSA) is 49.8 Å². The predicted octanol–water partition coefficient (Wildman–Crippen LogP) is 4.51. The third-order valence-corrected chi connectivity index (χ3v) is 4.98. The van der Waals surface area contributed by atoms with Gasteiger partial charge in [0.2, 0.25) is 5.95 Å². The van der Waals surface area contributed by atoms with Gasteiger partial charge in [-0.1, -0.05) is 32.6 Å². The van der Waals surface area contributed by atoms with E-state index in [0.717, 1.165) is 47.4 Å². The van der Waals surface area contributed by atoms with Crippen molar-refractivity contribution in [3.63, 3.8) is 0 Å². The van der Waals surface area contributed by atoms with Crippen LogP contribution in [0.25, 0.3) is 10.2 Å². The van der Waals surface area contributed by atoms with Gasteiger partial charge in [0.15, 0.2) is 0 Å². The van der Waals surface area contributed by atoms with E-state index in [9.17, 15) is 0 Å². The molecule has 1 fully saturated rings. The molecule has 21 heavy (non-hydrogen) atoms. The van der Waals surface area contributed by atoms with Crippen molar-refractivity contribution in [1.82, 2.24) is 9.97 Å². The molecule has 2 N–H and O–H groups in total. The van der Waals surface area contributed by atoms with Gasteiger partial charge in [0.1, 0.15) is 10.6 Å². The highest BCUT2D eigenvalue weighted by Gasteiger charge is 2.15. The minimum absolute atomic E-state index is 0.746. The second-order valence-corrected chi connectivity index (χ2v) is 6.72. The molecule has 0 aromatic carbocycles. The maximum absolute atomic E-state index is 4.65. The van der Waals surface area contributed by atoms with Crippen LogP contribution in [-0.2, 0) is 0 Å². The fraction of sp³-hybridized carbons (Fsp3) is 0.625. The van der Waals surface area contributed by atoms with Crippen LogP contribution < -0.4 is 10.6 Å². The number of rotatable bonds is 7. The summed E-state index contributed by atoms with van der Waals surface area (Å²) in [5, 5.41) is 10.1. The smallest absolute Gasteiger partial charge is 0.226 e. The quantitative estimate of drug-likeness (QED) is 0.790. The minimum atomic E-state index is 0.746. The number of thiophene rings is 1. The van der Waals surface area contributed by atoms with Gasteiger partial charge in [-0.3, -0.25) is 0 Å². The van der Waals surface area contributed by atoms with Gasteiger partial charge in [0.25, 0.3) is 0 Å². The lowest BCUT2D eigenvalue weighted by atomic mass is 10.0. The van der Waals surface area contributed by atoms with Gasteiger partial charge < -0.3 is 10.6 Å². The summed E-state index contributed by atoms with van der Waals surface area (Å²) in [6, 6.07) is 2.11. The molecule has 0 saturated heterocycles.